The molecule has 10 N–H and O–H groups in total. The Bertz CT molecular complexity index is 1130. The van der Waals surface area contributed by atoms with E-state index in [0.717, 1.165) is 21.9 Å². The highest BCUT2D eigenvalue weighted by molar-refractivity contribution is 7.15. The van der Waals surface area contributed by atoms with Crippen molar-refractivity contribution in [2.75, 3.05) is 39.5 Å². The molecule has 48 heavy (non-hydrogen) atoms. The molecule has 0 aliphatic carbocycles. The van der Waals surface area contributed by atoms with Crippen molar-refractivity contribution in [3.8, 4) is 10.6 Å². The van der Waals surface area contributed by atoms with Gasteiger partial charge in [0.2, 0.25) is 0 Å². The lowest BCUT2D eigenvalue weighted by Gasteiger charge is -2.33. The molecule has 0 unspecified atom stereocenters. The van der Waals surface area contributed by atoms with E-state index in [1.165, 1.54) is 41.1 Å². The number of nitrogens with zero attached hydrogens (tertiary/aromatic N) is 2. The number of carbonyl (C=O) groups is 1. The van der Waals surface area contributed by atoms with Crippen molar-refractivity contribution in [3.63, 3.8) is 0 Å². The highest BCUT2D eigenvalue weighted by Gasteiger charge is 2.34. The first-order chi connectivity index (χ1) is 22.9. The van der Waals surface area contributed by atoms with Crippen molar-refractivity contribution in [2.24, 2.45) is 0 Å². The predicted octanol–water partition coefficient (Wildman–Crippen LogP) is -1.03. The van der Waals surface area contributed by atoms with Crippen molar-refractivity contribution in [1.82, 2.24) is 9.88 Å². The highest BCUT2D eigenvalue weighted by atomic mass is 32.1. The fourth-order valence-corrected chi connectivity index (χ4v) is 5.92. The number of aromatic nitrogens is 1. The van der Waals surface area contributed by atoms with Crippen LogP contribution in [0.3, 0.4) is 0 Å². The van der Waals surface area contributed by atoms with Crippen LogP contribution in [0.2, 0.25) is 0 Å². The second-order valence-electron chi connectivity index (χ2n) is 12.1. The molecule has 8 atom stereocenters. The van der Waals surface area contributed by atoms with Gasteiger partial charge in [-0.1, -0.05) is 44.0 Å². The fourth-order valence-electron chi connectivity index (χ4n) is 5.00. The molecule has 1 aromatic heterocycles. The van der Waals surface area contributed by atoms with Crippen LogP contribution in [0.1, 0.15) is 55.9 Å². The summed E-state index contributed by atoms with van der Waals surface area (Å²) in [5.74, 6) is -0.386. The maximum absolute atomic E-state index is 12.4. The van der Waals surface area contributed by atoms with Gasteiger partial charge in [0, 0.05) is 29.7 Å². The zero-order valence-electron chi connectivity index (χ0n) is 27.5. The molecule has 0 aliphatic heterocycles. The number of esters is 1. The lowest BCUT2D eigenvalue weighted by Crippen LogP contribution is -2.53. The Morgan fingerprint density at radius 1 is 0.771 bits per heavy atom. The van der Waals surface area contributed by atoms with Crippen LogP contribution in [-0.2, 0) is 22.4 Å². The third-order valence-electron chi connectivity index (χ3n) is 8.07. The number of carbonyl (C=O) groups excluding carboxylic acids is 1. The third kappa shape index (κ3) is 14.4. The number of hydrogen-bond donors (Lipinski definition) is 10. The van der Waals surface area contributed by atoms with Gasteiger partial charge in [0.05, 0.1) is 38.4 Å². The molecule has 274 valence electrons. The first kappa shape index (κ1) is 42.0. The van der Waals surface area contributed by atoms with Gasteiger partial charge in [0.1, 0.15) is 41.6 Å². The molecule has 1 aromatic carbocycles. The quantitative estimate of drug-likeness (QED) is 0.0440. The Kier molecular flexibility index (Phi) is 19.8. The minimum atomic E-state index is -1.87. The largest absolute Gasteiger partial charge is 0.466 e. The van der Waals surface area contributed by atoms with E-state index >= 15 is 0 Å². The van der Waals surface area contributed by atoms with Crippen LogP contribution < -0.4 is 0 Å². The minimum absolute atomic E-state index is 0.0877. The Morgan fingerprint density at radius 2 is 1.33 bits per heavy atom. The molecule has 0 spiro atoms. The molecule has 0 amide bonds. The monoisotopic (exact) mass is 702 g/mol. The first-order valence-electron chi connectivity index (χ1n) is 16.5. The Hall–Kier alpha value is -2.12. The van der Waals surface area contributed by atoms with E-state index in [9.17, 15) is 45.6 Å². The highest BCUT2D eigenvalue weighted by Crippen LogP contribution is 2.26. The summed E-state index contributed by atoms with van der Waals surface area (Å²) in [6.45, 7) is -0.0264. The molecule has 0 radical (unpaired) electrons. The standard InChI is InChI=1S/C33H54N2O12S/c1-2-3-4-7-21-8-10-22(11-9-21)33-34-16-23(48-33)12-13-28(42)47-15-6-5-14-35(17-24(38)29(43)31(45)26(40)19-36)18-25(39)30(44)32(46)27(41)20-37/h8-11,16,24-27,29-32,36-41,43-46H,2-7,12-15,17-20H2,1H3/t24-,25-,26+,27+,29+,30+,31+,32+/m0/s1. The smallest absolute Gasteiger partial charge is 0.306 e. The number of aliphatic hydroxyl groups excluding tert-OH is 10. The second kappa shape index (κ2) is 22.6. The maximum Gasteiger partial charge on any atom is 0.306 e. The van der Waals surface area contributed by atoms with Crippen molar-refractivity contribution < 1.29 is 60.6 Å². The molecular formula is C33H54N2O12S. The van der Waals surface area contributed by atoms with Crippen molar-refractivity contribution in [2.45, 2.75) is 107 Å². The van der Waals surface area contributed by atoms with Crippen LogP contribution in [-0.4, -0.2) is 155 Å². The van der Waals surface area contributed by atoms with Crippen molar-refractivity contribution in [3.05, 3.63) is 40.9 Å². The summed E-state index contributed by atoms with van der Waals surface area (Å²) < 4.78 is 5.35. The molecule has 0 bridgehead atoms. The zero-order valence-corrected chi connectivity index (χ0v) is 28.3. The van der Waals surface area contributed by atoms with Gasteiger partial charge in [-0.15, -0.1) is 11.3 Å². The number of aryl methyl sites for hydroxylation is 2. The van der Waals surface area contributed by atoms with Gasteiger partial charge in [-0.25, -0.2) is 4.98 Å². The summed E-state index contributed by atoms with van der Waals surface area (Å²) in [6.07, 6.45) is -6.40. The third-order valence-corrected chi connectivity index (χ3v) is 9.18. The van der Waals surface area contributed by atoms with Crippen molar-refractivity contribution >= 4 is 17.3 Å². The van der Waals surface area contributed by atoms with E-state index in [1.54, 1.807) is 6.20 Å². The van der Waals surface area contributed by atoms with E-state index in [1.807, 2.05) is 0 Å². The van der Waals surface area contributed by atoms with Crippen LogP contribution >= 0.6 is 11.3 Å². The summed E-state index contributed by atoms with van der Waals surface area (Å²) >= 11 is 1.53. The molecule has 0 aliphatic rings. The molecule has 2 aromatic rings. The summed E-state index contributed by atoms with van der Waals surface area (Å²) in [7, 11) is 0. The summed E-state index contributed by atoms with van der Waals surface area (Å²) in [4.78, 5) is 19.2. The van der Waals surface area contributed by atoms with Crippen molar-refractivity contribution in [1.29, 1.82) is 0 Å². The predicted molar refractivity (Wildman–Crippen MR) is 178 cm³/mol. The van der Waals surface area contributed by atoms with E-state index in [4.69, 9.17) is 14.9 Å². The van der Waals surface area contributed by atoms with Crippen LogP contribution in [0.25, 0.3) is 10.6 Å². The van der Waals surface area contributed by atoms with Gasteiger partial charge in [-0.05, 0) is 44.2 Å². The Balaban J connectivity index is 1.83. The first-order valence-corrected chi connectivity index (χ1v) is 17.3. The molecule has 0 saturated carbocycles. The number of benzene rings is 1. The summed E-state index contributed by atoms with van der Waals surface area (Å²) in [6, 6.07) is 8.40. The molecule has 14 nitrogen and oxygen atoms in total. The topological polar surface area (TPSA) is 245 Å². The Morgan fingerprint density at radius 3 is 1.88 bits per heavy atom. The number of unbranched alkanes of at least 4 members (excludes halogenated alkanes) is 3. The second-order valence-corrected chi connectivity index (χ2v) is 13.2. The van der Waals surface area contributed by atoms with E-state index in [2.05, 4.69) is 36.2 Å². The maximum atomic E-state index is 12.4. The van der Waals surface area contributed by atoms with Gasteiger partial charge < -0.3 is 55.8 Å². The SMILES string of the molecule is CCCCCc1ccc(-c2ncc(CCC(=O)OCCCCN(C[C@H](O)[C@@H](O)[C@H](O)[C@H](O)CO)C[C@H](O)[C@@H](O)[C@H](O)[C@H](O)CO)s2)cc1. The zero-order chi connectivity index (χ0) is 35.6. The van der Waals surface area contributed by atoms with Gasteiger partial charge in [0.25, 0.3) is 0 Å². The normalized spacial score (nSPS) is 17.0. The fraction of sp³-hybridized carbons (Fsp3) is 0.697. The molecule has 0 saturated heterocycles. The van der Waals surface area contributed by atoms with Crippen LogP contribution in [0.5, 0.6) is 0 Å². The van der Waals surface area contributed by atoms with E-state index in [-0.39, 0.29) is 38.6 Å². The molecular weight excluding hydrogens is 648 g/mol. The molecule has 0 fully saturated rings. The minimum Gasteiger partial charge on any atom is -0.466 e. The van der Waals surface area contributed by atoms with Gasteiger partial charge in [0.15, 0.2) is 0 Å². The number of rotatable bonds is 25. The van der Waals surface area contributed by atoms with Crippen LogP contribution in [0.15, 0.2) is 30.5 Å². The number of thiazole rings is 1. The lowest BCUT2D eigenvalue weighted by atomic mass is 10.0. The Labute approximate surface area is 285 Å². The lowest BCUT2D eigenvalue weighted by molar-refractivity contribution is -0.143. The molecule has 1 heterocycles. The average Bonchev–Trinajstić information content (AvgIpc) is 3.57. The number of ether oxygens (including phenoxy) is 1. The molecule has 2 rings (SSSR count). The average molecular weight is 703 g/mol. The number of hydrogen-bond acceptors (Lipinski definition) is 15. The van der Waals surface area contributed by atoms with E-state index in [0.29, 0.717) is 19.3 Å². The summed E-state index contributed by atoms with van der Waals surface area (Å²) in [5.41, 5.74) is 2.33. The van der Waals surface area contributed by atoms with Gasteiger partial charge in [-0.3, -0.25) is 9.69 Å². The summed E-state index contributed by atoms with van der Waals surface area (Å²) in [5, 5.41) is 99.3. The van der Waals surface area contributed by atoms with Crippen LogP contribution in [0.4, 0.5) is 0 Å². The van der Waals surface area contributed by atoms with Crippen LogP contribution in [0, 0.1) is 0 Å². The van der Waals surface area contributed by atoms with E-state index < -0.39 is 62.0 Å². The molecule has 15 heteroatoms. The van der Waals surface area contributed by atoms with Gasteiger partial charge in [-0.2, -0.15) is 0 Å². The van der Waals surface area contributed by atoms with Gasteiger partial charge >= 0.3 is 5.97 Å². The number of aliphatic hydroxyl groups is 10.